The van der Waals surface area contributed by atoms with Gasteiger partial charge in [-0.15, -0.1) is 0 Å². The molecule has 1 aromatic rings. The fourth-order valence-electron chi connectivity index (χ4n) is 1.75. The van der Waals surface area contributed by atoms with Crippen LogP contribution < -0.4 is 11.1 Å². The van der Waals surface area contributed by atoms with Crippen molar-refractivity contribution in [1.82, 2.24) is 5.32 Å². The molecule has 0 aromatic heterocycles. The summed E-state index contributed by atoms with van der Waals surface area (Å²) in [5.41, 5.74) is 6.81. The minimum atomic E-state index is -3.15. The zero-order valence-corrected chi connectivity index (χ0v) is 13.2. The van der Waals surface area contributed by atoms with E-state index >= 15 is 0 Å². The number of nitrogens with one attached hydrogen (secondary N) is 1. The number of carbonyl (C=O) groups is 1. The third kappa shape index (κ3) is 5.81. The van der Waals surface area contributed by atoms with Crippen LogP contribution in [0.1, 0.15) is 30.5 Å². The predicted molar refractivity (Wildman–Crippen MR) is 80.0 cm³/mol. The summed E-state index contributed by atoms with van der Waals surface area (Å²) >= 11 is 0. The maximum Gasteiger partial charge on any atom is 0.237 e. The second kappa shape index (κ2) is 7.00. The Labute approximate surface area is 124 Å². The standard InChI is InChI=1S/C14H21FN2O3S/c1-9-4-5-11(8-12(9)15)10(2)17-14(18)13(16)6-7-21(3,19)20/h4-5,8,10,13H,6-7,16H2,1-3H3,(H,17,18). The lowest BCUT2D eigenvalue weighted by Crippen LogP contribution is -2.42. The van der Waals surface area contributed by atoms with E-state index in [1.807, 2.05) is 0 Å². The Balaban J connectivity index is 2.62. The molecule has 2 atom stereocenters. The number of hydrogen-bond acceptors (Lipinski definition) is 4. The molecule has 0 heterocycles. The summed E-state index contributed by atoms with van der Waals surface area (Å²) in [6.07, 6.45) is 1.15. The molecule has 0 fully saturated rings. The van der Waals surface area contributed by atoms with Crippen LogP contribution in [0.15, 0.2) is 18.2 Å². The van der Waals surface area contributed by atoms with E-state index in [4.69, 9.17) is 5.73 Å². The van der Waals surface area contributed by atoms with Gasteiger partial charge >= 0.3 is 0 Å². The second-order valence-electron chi connectivity index (χ2n) is 5.26. The first-order valence-electron chi connectivity index (χ1n) is 6.60. The molecule has 1 rings (SSSR count). The van der Waals surface area contributed by atoms with Crippen LogP contribution in [-0.2, 0) is 14.6 Å². The Morgan fingerprint density at radius 3 is 2.57 bits per heavy atom. The first-order chi connectivity index (χ1) is 9.60. The van der Waals surface area contributed by atoms with E-state index in [-0.39, 0.29) is 18.0 Å². The summed E-state index contributed by atoms with van der Waals surface area (Å²) in [5.74, 6) is -0.933. The number of rotatable bonds is 6. The number of halogens is 1. The largest absolute Gasteiger partial charge is 0.348 e. The van der Waals surface area contributed by atoms with Crippen LogP contribution in [0, 0.1) is 12.7 Å². The van der Waals surface area contributed by atoms with Crippen LogP contribution in [0.25, 0.3) is 0 Å². The van der Waals surface area contributed by atoms with E-state index in [0.29, 0.717) is 11.1 Å². The van der Waals surface area contributed by atoms with E-state index < -0.39 is 27.8 Å². The molecule has 21 heavy (non-hydrogen) atoms. The average molecular weight is 316 g/mol. The maximum atomic E-state index is 13.5. The summed E-state index contributed by atoms with van der Waals surface area (Å²) in [6, 6.07) is 3.42. The Morgan fingerprint density at radius 2 is 2.05 bits per heavy atom. The van der Waals surface area contributed by atoms with E-state index in [1.54, 1.807) is 26.0 Å². The number of hydrogen-bond donors (Lipinski definition) is 2. The van der Waals surface area contributed by atoms with Crippen molar-refractivity contribution in [2.24, 2.45) is 5.73 Å². The minimum Gasteiger partial charge on any atom is -0.348 e. The molecule has 0 saturated heterocycles. The van der Waals surface area contributed by atoms with Gasteiger partial charge in [0.25, 0.3) is 0 Å². The van der Waals surface area contributed by atoms with Crippen molar-refractivity contribution < 1.29 is 17.6 Å². The zero-order chi connectivity index (χ0) is 16.2. The Hall–Kier alpha value is -1.47. The molecule has 0 aliphatic carbocycles. The monoisotopic (exact) mass is 316 g/mol. The molecule has 0 saturated carbocycles. The van der Waals surface area contributed by atoms with Crippen LogP contribution in [-0.4, -0.2) is 32.4 Å². The fourth-order valence-corrected chi connectivity index (χ4v) is 2.44. The predicted octanol–water partition coefficient (Wildman–Crippen LogP) is 1.07. The number of sulfone groups is 1. The molecule has 0 spiro atoms. The lowest BCUT2D eigenvalue weighted by Gasteiger charge is -2.18. The van der Waals surface area contributed by atoms with Gasteiger partial charge in [-0.2, -0.15) is 0 Å². The van der Waals surface area contributed by atoms with Crippen LogP contribution in [0.3, 0.4) is 0 Å². The fraction of sp³-hybridized carbons (Fsp3) is 0.500. The average Bonchev–Trinajstić information content (AvgIpc) is 2.38. The normalized spacial score (nSPS) is 14.5. The van der Waals surface area contributed by atoms with Crippen LogP contribution in [0.5, 0.6) is 0 Å². The van der Waals surface area contributed by atoms with Gasteiger partial charge < -0.3 is 11.1 Å². The topological polar surface area (TPSA) is 89.3 Å². The van der Waals surface area contributed by atoms with E-state index in [0.717, 1.165) is 6.26 Å². The third-order valence-corrected chi connectivity index (χ3v) is 4.17. The van der Waals surface area contributed by atoms with Gasteiger partial charge in [-0.1, -0.05) is 12.1 Å². The highest BCUT2D eigenvalue weighted by Gasteiger charge is 2.18. The maximum absolute atomic E-state index is 13.5. The molecule has 0 bridgehead atoms. The van der Waals surface area contributed by atoms with Crippen molar-refractivity contribution in [1.29, 1.82) is 0 Å². The number of benzene rings is 1. The highest BCUT2D eigenvalue weighted by Crippen LogP contribution is 2.16. The van der Waals surface area contributed by atoms with E-state index in [9.17, 15) is 17.6 Å². The lowest BCUT2D eigenvalue weighted by molar-refractivity contribution is -0.123. The molecule has 5 nitrogen and oxygen atoms in total. The highest BCUT2D eigenvalue weighted by atomic mass is 32.2. The Bertz CT molecular complexity index is 617. The van der Waals surface area contributed by atoms with Crippen LogP contribution >= 0.6 is 0 Å². The quantitative estimate of drug-likeness (QED) is 0.821. The number of nitrogens with two attached hydrogens (primary N) is 1. The smallest absolute Gasteiger partial charge is 0.237 e. The Kier molecular flexibility index (Phi) is 5.86. The van der Waals surface area contributed by atoms with Crippen LogP contribution in [0.4, 0.5) is 4.39 Å². The molecule has 7 heteroatoms. The van der Waals surface area contributed by atoms with Crippen LogP contribution in [0.2, 0.25) is 0 Å². The van der Waals surface area contributed by atoms with Crippen molar-refractivity contribution in [3.8, 4) is 0 Å². The van der Waals surface area contributed by atoms with E-state index in [1.165, 1.54) is 6.07 Å². The molecule has 118 valence electrons. The first-order valence-corrected chi connectivity index (χ1v) is 8.66. The molecule has 1 amide bonds. The van der Waals surface area contributed by atoms with Gasteiger partial charge in [-0.25, -0.2) is 12.8 Å². The molecular formula is C14H21FN2O3S. The number of carbonyl (C=O) groups excluding carboxylic acids is 1. The van der Waals surface area contributed by atoms with Gasteiger partial charge in [0.15, 0.2) is 0 Å². The summed E-state index contributed by atoms with van der Waals surface area (Å²) in [6.45, 7) is 3.37. The molecule has 0 radical (unpaired) electrons. The second-order valence-corrected chi connectivity index (χ2v) is 7.52. The first kappa shape index (κ1) is 17.6. The van der Waals surface area contributed by atoms with Gasteiger partial charge in [0.1, 0.15) is 15.7 Å². The number of aryl methyl sites for hydroxylation is 1. The molecule has 3 N–H and O–H groups in total. The molecule has 1 aromatic carbocycles. The van der Waals surface area contributed by atoms with Crippen molar-refractivity contribution >= 4 is 15.7 Å². The summed E-state index contributed by atoms with van der Waals surface area (Å²) < 4.78 is 35.6. The van der Waals surface area contributed by atoms with Gasteiger partial charge in [-0.3, -0.25) is 4.79 Å². The zero-order valence-electron chi connectivity index (χ0n) is 12.4. The van der Waals surface area contributed by atoms with Crippen molar-refractivity contribution in [3.05, 3.63) is 35.1 Å². The summed E-state index contributed by atoms with van der Waals surface area (Å²) in [7, 11) is -3.15. The molecular weight excluding hydrogens is 295 g/mol. The lowest BCUT2D eigenvalue weighted by atomic mass is 10.1. The SMILES string of the molecule is Cc1ccc(C(C)NC(=O)C(N)CCS(C)(=O)=O)cc1F. The molecule has 2 unspecified atom stereocenters. The number of amides is 1. The minimum absolute atomic E-state index is 0.0552. The Morgan fingerprint density at radius 1 is 1.43 bits per heavy atom. The van der Waals surface area contributed by atoms with Crippen molar-refractivity contribution in [2.45, 2.75) is 32.4 Å². The van der Waals surface area contributed by atoms with Crippen molar-refractivity contribution in [3.63, 3.8) is 0 Å². The third-order valence-electron chi connectivity index (χ3n) is 3.19. The molecule has 0 aliphatic rings. The van der Waals surface area contributed by atoms with Gasteiger partial charge in [-0.05, 0) is 37.5 Å². The summed E-state index contributed by atoms with van der Waals surface area (Å²) in [4.78, 5) is 11.9. The van der Waals surface area contributed by atoms with E-state index in [2.05, 4.69) is 5.32 Å². The van der Waals surface area contributed by atoms with Gasteiger partial charge in [0, 0.05) is 6.26 Å². The highest BCUT2D eigenvalue weighted by molar-refractivity contribution is 7.90. The van der Waals surface area contributed by atoms with Gasteiger partial charge in [0.2, 0.25) is 5.91 Å². The summed E-state index contributed by atoms with van der Waals surface area (Å²) in [5, 5.41) is 2.65. The molecule has 0 aliphatic heterocycles. The van der Waals surface area contributed by atoms with Gasteiger partial charge in [0.05, 0.1) is 17.8 Å². The van der Waals surface area contributed by atoms with Crippen molar-refractivity contribution in [2.75, 3.05) is 12.0 Å².